The summed E-state index contributed by atoms with van der Waals surface area (Å²) in [6, 6.07) is 7.79. The number of benzene rings is 1. The number of fused-ring (bicyclic) bond motifs is 1. The number of nitrogens with zero attached hydrogens (tertiary/aromatic N) is 1. The van der Waals surface area contributed by atoms with Gasteiger partial charge in [-0.3, -0.25) is 4.79 Å². The lowest BCUT2D eigenvalue weighted by atomic mass is 10.1. The van der Waals surface area contributed by atoms with E-state index in [1.165, 1.54) is 5.54 Å². The molecule has 0 N–H and O–H groups in total. The Morgan fingerprint density at radius 1 is 1.38 bits per heavy atom. The first-order valence-corrected chi connectivity index (χ1v) is 5.89. The molecule has 84 valence electrons. The molecule has 0 saturated carbocycles. The summed E-state index contributed by atoms with van der Waals surface area (Å²) in [6.45, 7) is 1.66. The van der Waals surface area contributed by atoms with Gasteiger partial charge in [0.1, 0.15) is 0 Å². The number of anilines is 1. The molecule has 0 aromatic heterocycles. The number of ketones is 1. The summed E-state index contributed by atoms with van der Waals surface area (Å²) in [5.41, 5.74) is 3.39. The topological polar surface area (TPSA) is 20.3 Å². The van der Waals surface area contributed by atoms with E-state index in [0.29, 0.717) is 6.42 Å². The fourth-order valence-electron chi connectivity index (χ4n) is 2.03. The maximum absolute atomic E-state index is 11.9. The first-order valence-electron chi connectivity index (χ1n) is 5.45. The molecule has 1 aliphatic rings. The third kappa shape index (κ3) is 2.27. The monoisotopic (exact) mass is 235 g/mol. The molecule has 1 heterocycles. The van der Waals surface area contributed by atoms with Crippen molar-refractivity contribution in [3.63, 3.8) is 0 Å². The number of carbonyl (C=O) groups is 1. The zero-order valence-corrected chi connectivity index (χ0v) is 9.78. The Labute approximate surface area is 101 Å². The number of hydrogen-bond donors (Lipinski definition) is 0. The van der Waals surface area contributed by atoms with Crippen molar-refractivity contribution < 1.29 is 4.79 Å². The lowest BCUT2D eigenvalue weighted by Gasteiger charge is -2.22. The summed E-state index contributed by atoms with van der Waals surface area (Å²) in [5.74, 6) is 0.243. The van der Waals surface area contributed by atoms with Crippen LogP contribution in [0.2, 0.25) is 0 Å². The van der Waals surface area contributed by atoms with Crippen molar-refractivity contribution in [1.82, 2.24) is 0 Å². The molecule has 0 saturated heterocycles. The van der Waals surface area contributed by atoms with E-state index in [1.807, 2.05) is 30.3 Å². The molecule has 0 spiro atoms. The molecule has 1 aromatic rings. The van der Waals surface area contributed by atoms with Crippen LogP contribution in [0.25, 0.3) is 0 Å². The molecular weight excluding hydrogens is 222 g/mol. The van der Waals surface area contributed by atoms with Crippen LogP contribution >= 0.6 is 11.6 Å². The minimum Gasteiger partial charge on any atom is -0.367 e. The van der Waals surface area contributed by atoms with E-state index in [0.717, 1.165) is 30.8 Å². The van der Waals surface area contributed by atoms with E-state index in [-0.39, 0.29) is 5.78 Å². The van der Waals surface area contributed by atoms with Crippen LogP contribution in [0.5, 0.6) is 0 Å². The van der Waals surface area contributed by atoms with E-state index in [9.17, 15) is 4.79 Å². The molecule has 0 bridgehead atoms. The van der Waals surface area contributed by atoms with Gasteiger partial charge in [0, 0.05) is 36.3 Å². The molecule has 0 atom stereocenters. The Balaban J connectivity index is 2.34. The molecule has 0 unspecified atom stereocenters. The van der Waals surface area contributed by atoms with Crippen molar-refractivity contribution in [2.75, 3.05) is 18.0 Å². The van der Waals surface area contributed by atoms with Crippen molar-refractivity contribution in [2.24, 2.45) is 0 Å². The predicted molar refractivity (Wildman–Crippen MR) is 67.2 cm³/mol. The van der Waals surface area contributed by atoms with E-state index < -0.39 is 0 Å². The summed E-state index contributed by atoms with van der Waals surface area (Å²) in [6.07, 6.45) is 3.44. The van der Waals surface area contributed by atoms with E-state index in [1.54, 1.807) is 0 Å². The molecule has 2 nitrogen and oxygen atoms in total. The fraction of sp³-hybridized carbons (Fsp3) is 0.308. The van der Waals surface area contributed by atoms with Gasteiger partial charge >= 0.3 is 0 Å². The van der Waals surface area contributed by atoms with Crippen molar-refractivity contribution in [1.29, 1.82) is 0 Å². The van der Waals surface area contributed by atoms with Crippen LogP contribution in [0.1, 0.15) is 23.2 Å². The fourth-order valence-corrected chi connectivity index (χ4v) is 2.11. The highest BCUT2D eigenvalue weighted by Gasteiger charge is 2.19. The van der Waals surface area contributed by atoms with Crippen LogP contribution in [0.3, 0.4) is 0 Å². The Bertz CT molecular complexity index is 414. The molecule has 3 heteroatoms. The van der Waals surface area contributed by atoms with Crippen LogP contribution in [-0.4, -0.2) is 18.9 Å². The van der Waals surface area contributed by atoms with Crippen molar-refractivity contribution >= 4 is 23.1 Å². The summed E-state index contributed by atoms with van der Waals surface area (Å²) in [5, 5.41) is 0. The molecule has 0 amide bonds. The maximum Gasteiger partial charge on any atom is 0.165 e. The Morgan fingerprint density at radius 3 is 3.00 bits per heavy atom. The molecule has 2 rings (SSSR count). The Morgan fingerprint density at radius 2 is 2.19 bits per heavy atom. The second kappa shape index (κ2) is 5.17. The van der Waals surface area contributed by atoms with Crippen LogP contribution < -0.4 is 4.90 Å². The smallest absolute Gasteiger partial charge is 0.165 e. The third-order valence-corrected chi connectivity index (χ3v) is 2.97. The minimum absolute atomic E-state index is 0.243. The lowest BCUT2D eigenvalue weighted by Crippen LogP contribution is -2.24. The molecule has 0 aliphatic carbocycles. The largest absolute Gasteiger partial charge is 0.367 e. The Kier molecular flexibility index (Phi) is 3.62. The van der Waals surface area contributed by atoms with Gasteiger partial charge in [-0.05, 0) is 18.6 Å². The van der Waals surface area contributed by atoms with Gasteiger partial charge in [0.15, 0.2) is 5.78 Å². The zero-order valence-electron chi connectivity index (χ0n) is 9.03. The van der Waals surface area contributed by atoms with E-state index >= 15 is 0 Å². The molecule has 1 aliphatic heterocycles. The van der Waals surface area contributed by atoms with Crippen LogP contribution in [0, 0.1) is 0 Å². The van der Waals surface area contributed by atoms with Crippen molar-refractivity contribution in [3.05, 3.63) is 41.4 Å². The van der Waals surface area contributed by atoms with Gasteiger partial charge in [-0.1, -0.05) is 29.8 Å². The average Bonchev–Trinajstić information content (AvgIpc) is 2.47. The first-order chi connectivity index (χ1) is 7.83. The molecule has 1 aromatic carbocycles. The SMILES string of the molecule is O=C1CCCN(C/C=C/Cl)c2ccccc21. The zero-order chi connectivity index (χ0) is 11.4. The van der Waals surface area contributed by atoms with Gasteiger partial charge in [-0.25, -0.2) is 0 Å². The number of carbonyl (C=O) groups excluding carboxylic acids is 1. The highest BCUT2D eigenvalue weighted by Crippen LogP contribution is 2.25. The van der Waals surface area contributed by atoms with Crippen molar-refractivity contribution in [2.45, 2.75) is 12.8 Å². The number of rotatable bonds is 2. The van der Waals surface area contributed by atoms with E-state index in [4.69, 9.17) is 11.6 Å². The van der Waals surface area contributed by atoms with Gasteiger partial charge in [0.2, 0.25) is 0 Å². The standard InChI is InChI=1S/C13H14ClNO/c14-8-4-10-15-9-3-7-13(16)11-5-1-2-6-12(11)15/h1-2,4-6,8H,3,7,9-10H2/b8-4+. The van der Waals surface area contributed by atoms with Gasteiger partial charge in [-0.2, -0.15) is 0 Å². The number of hydrogen-bond acceptors (Lipinski definition) is 2. The van der Waals surface area contributed by atoms with Gasteiger partial charge in [0.05, 0.1) is 0 Å². The lowest BCUT2D eigenvalue weighted by molar-refractivity contribution is 0.0984. The molecule has 0 radical (unpaired) electrons. The number of halogens is 1. The third-order valence-electron chi connectivity index (χ3n) is 2.79. The average molecular weight is 236 g/mol. The summed E-state index contributed by atoms with van der Waals surface area (Å²) >= 11 is 5.54. The first kappa shape index (κ1) is 11.2. The van der Waals surface area contributed by atoms with Crippen LogP contribution in [0.15, 0.2) is 35.9 Å². The summed E-state index contributed by atoms with van der Waals surface area (Å²) < 4.78 is 0. The van der Waals surface area contributed by atoms with Crippen molar-refractivity contribution in [3.8, 4) is 0 Å². The summed E-state index contributed by atoms with van der Waals surface area (Å²) in [4.78, 5) is 14.0. The number of para-hydroxylation sites is 1. The van der Waals surface area contributed by atoms with Gasteiger partial charge in [-0.15, -0.1) is 0 Å². The molecular formula is C13H14ClNO. The van der Waals surface area contributed by atoms with Gasteiger partial charge < -0.3 is 4.90 Å². The second-order valence-electron chi connectivity index (χ2n) is 3.85. The van der Waals surface area contributed by atoms with Crippen LogP contribution in [-0.2, 0) is 0 Å². The second-order valence-corrected chi connectivity index (χ2v) is 4.10. The predicted octanol–water partition coefficient (Wildman–Crippen LogP) is 3.22. The van der Waals surface area contributed by atoms with Gasteiger partial charge in [0.25, 0.3) is 0 Å². The molecule has 0 fully saturated rings. The molecule has 16 heavy (non-hydrogen) atoms. The minimum atomic E-state index is 0.243. The Hall–Kier alpha value is -1.28. The highest BCUT2D eigenvalue weighted by atomic mass is 35.5. The quantitative estimate of drug-likeness (QED) is 0.785. The van der Waals surface area contributed by atoms with E-state index in [2.05, 4.69) is 4.90 Å². The maximum atomic E-state index is 11.9. The number of Topliss-reactive ketones (excluding diaryl/α,β-unsaturated/α-hetero) is 1. The van der Waals surface area contributed by atoms with Crippen LogP contribution in [0.4, 0.5) is 5.69 Å². The summed E-state index contributed by atoms with van der Waals surface area (Å²) in [7, 11) is 0. The highest BCUT2D eigenvalue weighted by molar-refractivity contribution is 6.25. The normalized spacial score (nSPS) is 16.3.